The van der Waals surface area contributed by atoms with Crippen LogP contribution in [0.5, 0.6) is 0 Å². The highest BCUT2D eigenvalue weighted by atomic mass is 19.1. The van der Waals surface area contributed by atoms with Crippen molar-refractivity contribution in [3.8, 4) is 16.9 Å². The molecule has 9 nitrogen and oxygen atoms in total. The van der Waals surface area contributed by atoms with E-state index in [9.17, 15) is 9.18 Å². The maximum atomic E-state index is 14.6. The van der Waals surface area contributed by atoms with E-state index in [0.717, 1.165) is 5.56 Å². The molecule has 0 spiro atoms. The van der Waals surface area contributed by atoms with Gasteiger partial charge in [-0.25, -0.2) is 14.1 Å². The van der Waals surface area contributed by atoms with Gasteiger partial charge < -0.3 is 5.32 Å². The highest BCUT2D eigenvalue weighted by molar-refractivity contribution is 6.12. The number of rotatable bonds is 5. The van der Waals surface area contributed by atoms with Gasteiger partial charge in [0.05, 0.1) is 34.2 Å². The molecule has 1 N–H and O–H groups in total. The van der Waals surface area contributed by atoms with Gasteiger partial charge in [-0.15, -0.1) is 5.10 Å². The molecule has 3 heterocycles. The fourth-order valence-corrected chi connectivity index (χ4v) is 3.62. The van der Waals surface area contributed by atoms with Gasteiger partial charge in [-0.3, -0.25) is 4.79 Å². The number of aryl methyl sites for hydroxylation is 2. The Morgan fingerprint density at radius 1 is 1.12 bits per heavy atom. The molecule has 0 bridgehead atoms. The molecular formula is C23H19FN8O. The smallest absolute Gasteiger partial charge is 0.256 e. The first kappa shape index (κ1) is 20.4. The molecule has 10 heteroatoms. The van der Waals surface area contributed by atoms with Crippen molar-refractivity contribution >= 4 is 22.6 Å². The minimum Gasteiger partial charge on any atom is -0.319 e. The lowest BCUT2D eigenvalue weighted by Crippen LogP contribution is -2.15. The second-order valence-electron chi connectivity index (χ2n) is 7.37. The van der Waals surface area contributed by atoms with Gasteiger partial charge in [-0.2, -0.15) is 9.78 Å². The van der Waals surface area contributed by atoms with Gasteiger partial charge in [0.1, 0.15) is 5.82 Å². The summed E-state index contributed by atoms with van der Waals surface area (Å²) in [6.45, 7) is 4.27. The molecule has 0 aliphatic heterocycles. The number of amides is 1. The number of tetrazole rings is 1. The average molecular weight is 442 g/mol. The summed E-state index contributed by atoms with van der Waals surface area (Å²) >= 11 is 0. The van der Waals surface area contributed by atoms with E-state index in [4.69, 9.17) is 4.98 Å². The summed E-state index contributed by atoms with van der Waals surface area (Å²) in [5.41, 5.74) is 2.96. The second kappa shape index (κ2) is 8.23. The molecule has 0 saturated carbocycles. The molecule has 5 aromatic rings. The molecule has 0 radical (unpaired) electrons. The molecule has 0 saturated heterocycles. The zero-order valence-corrected chi connectivity index (χ0v) is 17.9. The number of anilines is 1. The van der Waals surface area contributed by atoms with Crippen LogP contribution < -0.4 is 5.32 Å². The molecule has 33 heavy (non-hydrogen) atoms. The number of carbonyl (C=O) groups excluding carboxylic acids is 1. The van der Waals surface area contributed by atoms with E-state index in [2.05, 4.69) is 25.9 Å². The summed E-state index contributed by atoms with van der Waals surface area (Å²) in [6, 6.07) is 15.5. The summed E-state index contributed by atoms with van der Waals surface area (Å²) < 4.78 is 17.8. The summed E-state index contributed by atoms with van der Waals surface area (Å²) in [7, 11) is 0. The predicted octanol–water partition coefficient (Wildman–Crippen LogP) is 3.79. The second-order valence-corrected chi connectivity index (χ2v) is 7.37. The quantitative estimate of drug-likeness (QED) is 0.444. The van der Waals surface area contributed by atoms with E-state index in [1.54, 1.807) is 23.9 Å². The number of hydrogen-bond donors (Lipinski definition) is 1. The van der Waals surface area contributed by atoms with Crippen molar-refractivity contribution in [1.29, 1.82) is 0 Å². The number of carbonyl (C=O) groups is 1. The summed E-state index contributed by atoms with van der Waals surface area (Å²) in [6.07, 6.45) is 1.60. The van der Waals surface area contributed by atoms with E-state index in [0.29, 0.717) is 40.3 Å². The molecule has 5 rings (SSSR count). The van der Waals surface area contributed by atoms with Crippen molar-refractivity contribution in [3.05, 3.63) is 78.0 Å². The molecule has 164 valence electrons. The first-order valence-corrected chi connectivity index (χ1v) is 10.3. The number of benzene rings is 2. The minimum absolute atomic E-state index is 0.0153. The van der Waals surface area contributed by atoms with Crippen molar-refractivity contribution in [2.45, 2.75) is 20.4 Å². The van der Waals surface area contributed by atoms with Crippen molar-refractivity contribution in [2.24, 2.45) is 0 Å². The van der Waals surface area contributed by atoms with Crippen LogP contribution in [0.2, 0.25) is 0 Å². The Hall–Kier alpha value is -4.47. The Morgan fingerprint density at radius 2 is 1.94 bits per heavy atom. The molecule has 0 aliphatic carbocycles. The first-order valence-electron chi connectivity index (χ1n) is 10.3. The highest BCUT2D eigenvalue weighted by Gasteiger charge is 2.19. The Labute approximate surface area is 187 Å². The summed E-state index contributed by atoms with van der Waals surface area (Å²) in [5.74, 6) is -0.510. The van der Waals surface area contributed by atoms with Crippen LogP contribution in [0.25, 0.3) is 28.0 Å². The predicted molar refractivity (Wildman–Crippen MR) is 120 cm³/mol. The molecule has 1 amide bonds. The van der Waals surface area contributed by atoms with Gasteiger partial charge in [-0.1, -0.05) is 30.3 Å². The number of nitrogens with zero attached hydrogens (tertiary/aromatic N) is 7. The van der Waals surface area contributed by atoms with Crippen molar-refractivity contribution in [2.75, 3.05) is 5.32 Å². The summed E-state index contributed by atoms with van der Waals surface area (Å²) in [4.78, 5) is 18.1. The van der Waals surface area contributed by atoms with Gasteiger partial charge in [0.15, 0.2) is 11.5 Å². The third-order valence-corrected chi connectivity index (χ3v) is 5.29. The van der Waals surface area contributed by atoms with Gasteiger partial charge in [-0.05, 0) is 48.5 Å². The number of pyridine rings is 1. The largest absolute Gasteiger partial charge is 0.319 e. The monoisotopic (exact) mass is 442 g/mol. The number of aromatic nitrogens is 7. The number of hydrogen-bond acceptors (Lipinski definition) is 6. The highest BCUT2D eigenvalue weighted by Crippen LogP contribution is 2.27. The summed E-state index contributed by atoms with van der Waals surface area (Å²) in [5, 5.41) is 19.0. The van der Waals surface area contributed by atoms with Crippen molar-refractivity contribution in [1.82, 2.24) is 35.0 Å². The van der Waals surface area contributed by atoms with Gasteiger partial charge in [0.25, 0.3) is 5.91 Å². The molecule has 0 unspecified atom stereocenters. The number of fused-ring (bicyclic) bond motifs is 1. The van der Waals surface area contributed by atoms with Crippen LogP contribution in [0.1, 0.15) is 23.1 Å². The Morgan fingerprint density at radius 3 is 2.67 bits per heavy atom. The van der Waals surface area contributed by atoms with Crippen LogP contribution in [-0.2, 0) is 6.54 Å². The first-order chi connectivity index (χ1) is 16.0. The zero-order valence-electron chi connectivity index (χ0n) is 17.9. The van der Waals surface area contributed by atoms with Crippen molar-refractivity contribution < 1.29 is 9.18 Å². The maximum absolute atomic E-state index is 14.6. The van der Waals surface area contributed by atoms with Crippen LogP contribution in [-0.4, -0.2) is 40.9 Å². The lowest BCUT2D eigenvalue weighted by molar-refractivity contribution is 0.102. The minimum atomic E-state index is -0.573. The topological polar surface area (TPSA) is 103 Å². The zero-order chi connectivity index (χ0) is 22.9. The van der Waals surface area contributed by atoms with E-state index in [1.807, 2.05) is 37.3 Å². The molecular weight excluding hydrogens is 423 g/mol. The maximum Gasteiger partial charge on any atom is 0.256 e. The fraction of sp³-hybridized carbons (Fsp3) is 0.130. The molecule has 3 aromatic heterocycles. The fourth-order valence-electron chi connectivity index (χ4n) is 3.62. The number of nitrogens with one attached hydrogen (secondary N) is 1. The SMILES string of the molecule is CCn1ncc2c(C(=O)Nc3cc(-n4nnnc4C)ccc3F)cc(-c3ccccc3)nc21. The average Bonchev–Trinajstić information content (AvgIpc) is 3.46. The van der Waals surface area contributed by atoms with Gasteiger partial charge >= 0.3 is 0 Å². The molecule has 0 aliphatic rings. The van der Waals surface area contributed by atoms with E-state index < -0.39 is 11.7 Å². The molecule has 2 aromatic carbocycles. The van der Waals surface area contributed by atoms with E-state index in [-0.39, 0.29) is 5.69 Å². The third kappa shape index (κ3) is 3.71. The molecule has 0 fully saturated rings. The lowest BCUT2D eigenvalue weighted by Gasteiger charge is -2.11. The van der Waals surface area contributed by atoms with E-state index in [1.165, 1.54) is 22.9 Å². The van der Waals surface area contributed by atoms with Crippen molar-refractivity contribution in [3.63, 3.8) is 0 Å². The number of halogens is 1. The van der Waals surface area contributed by atoms with Gasteiger partial charge in [0, 0.05) is 12.1 Å². The normalized spacial score (nSPS) is 11.1. The van der Waals surface area contributed by atoms with E-state index >= 15 is 0 Å². The standard InChI is InChI=1S/C23H19FN8O/c1-3-31-22-18(13-25-31)17(12-20(26-22)15-7-5-4-6-8-15)23(33)27-21-11-16(9-10-19(21)24)32-14(2)28-29-30-32/h4-13H,3H2,1-2H3,(H,27,33). The molecule has 0 atom stereocenters. The third-order valence-electron chi connectivity index (χ3n) is 5.29. The van der Waals surface area contributed by atoms with Crippen LogP contribution in [0, 0.1) is 12.7 Å². The lowest BCUT2D eigenvalue weighted by atomic mass is 10.1. The van der Waals surface area contributed by atoms with Crippen LogP contribution in [0.15, 0.2) is 60.8 Å². The Balaban J connectivity index is 1.58. The van der Waals surface area contributed by atoms with Gasteiger partial charge in [0.2, 0.25) is 0 Å². The van der Waals surface area contributed by atoms with Crippen LogP contribution in [0.3, 0.4) is 0 Å². The Bertz CT molecular complexity index is 1470. The van der Waals surface area contributed by atoms with Crippen LogP contribution in [0.4, 0.5) is 10.1 Å². The van der Waals surface area contributed by atoms with Crippen LogP contribution >= 0.6 is 0 Å². The Kier molecular flexibility index (Phi) is 5.09.